The minimum atomic E-state index is -0.923. The number of aliphatic carboxylic acids is 1. The summed E-state index contributed by atoms with van der Waals surface area (Å²) in [6.45, 7) is 6.30. The van der Waals surface area contributed by atoms with Gasteiger partial charge in [-0.3, -0.25) is 0 Å². The summed E-state index contributed by atoms with van der Waals surface area (Å²) in [5.74, 6) is -0.923. The molecule has 1 aromatic carbocycles. The molecule has 3 heteroatoms. The van der Waals surface area contributed by atoms with Crippen LogP contribution in [-0.2, 0) is 4.79 Å². The molecule has 0 aliphatic rings. The molecule has 0 aliphatic carbocycles. The van der Waals surface area contributed by atoms with Crippen LogP contribution >= 0.6 is 0 Å². The van der Waals surface area contributed by atoms with Crippen LogP contribution < -0.4 is 4.90 Å². The van der Waals surface area contributed by atoms with Gasteiger partial charge in [-0.1, -0.05) is 18.6 Å². The van der Waals surface area contributed by atoms with Crippen LogP contribution in [0.1, 0.15) is 31.4 Å². The number of benzene rings is 1. The Morgan fingerprint density at radius 2 is 2.17 bits per heavy atom. The van der Waals surface area contributed by atoms with Crippen LogP contribution in [0.15, 0.2) is 24.3 Å². The molecular weight excluding hydrogens is 226 g/mol. The Morgan fingerprint density at radius 3 is 2.72 bits per heavy atom. The Morgan fingerprint density at radius 1 is 1.50 bits per heavy atom. The van der Waals surface area contributed by atoms with Gasteiger partial charge in [-0.2, -0.15) is 0 Å². The van der Waals surface area contributed by atoms with E-state index < -0.39 is 5.97 Å². The summed E-state index contributed by atoms with van der Waals surface area (Å²) >= 11 is 0. The number of hydrogen-bond acceptors (Lipinski definition) is 2. The maximum Gasteiger partial charge on any atom is 0.328 e. The number of aryl methyl sites for hydroxylation is 1. The van der Waals surface area contributed by atoms with Crippen LogP contribution in [0.3, 0.4) is 0 Å². The zero-order valence-corrected chi connectivity index (χ0v) is 11.5. The first-order valence-electron chi connectivity index (χ1n) is 6.20. The van der Waals surface area contributed by atoms with Crippen LogP contribution in [0, 0.1) is 6.92 Å². The van der Waals surface area contributed by atoms with Crippen LogP contribution in [0.5, 0.6) is 0 Å². The Hall–Kier alpha value is -1.77. The van der Waals surface area contributed by atoms with Crippen molar-refractivity contribution in [1.82, 2.24) is 0 Å². The standard InChI is InChI=1S/C15H21NO2/c1-5-12(3)16(4)14-8-6-11(2)10-13(14)7-9-15(17)18/h6-10,12H,5H2,1-4H3,(H,17,18)/b9-7+. The monoisotopic (exact) mass is 247 g/mol. The van der Waals surface area contributed by atoms with Crippen molar-refractivity contribution >= 4 is 17.7 Å². The fraction of sp³-hybridized carbons (Fsp3) is 0.400. The molecular formula is C15H21NO2. The summed E-state index contributed by atoms with van der Waals surface area (Å²) in [6, 6.07) is 6.52. The maximum absolute atomic E-state index is 10.6. The van der Waals surface area contributed by atoms with Crippen molar-refractivity contribution in [3.8, 4) is 0 Å². The van der Waals surface area contributed by atoms with Crippen molar-refractivity contribution in [2.45, 2.75) is 33.2 Å². The number of nitrogens with zero attached hydrogens (tertiary/aromatic N) is 1. The lowest BCUT2D eigenvalue weighted by atomic mass is 10.1. The van der Waals surface area contributed by atoms with E-state index in [1.807, 2.05) is 32.2 Å². The molecule has 98 valence electrons. The Balaban J connectivity index is 3.14. The minimum absolute atomic E-state index is 0.421. The van der Waals surface area contributed by atoms with Gasteiger partial charge in [0.25, 0.3) is 0 Å². The molecule has 0 fully saturated rings. The van der Waals surface area contributed by atoms with E-state index in [0.29, 0.717) is 6.04 Å². The lowest BCUT2D eigenvalue weighted by Crippen LogP contribution is -2.28. The lowest BCUT2D eigenvalue weighted by molar-refractivity contribution is -0.131. The Bertz CT molecular complexity index is 452. The molecule has 1 rings (SSSR count). The van der Waals surface area contributed by atoms with E-state index in [4.69, 9.17) is 5.11 Å². The summed E-state index contributed by atoms with van der Waals surface area (Å²) < 4.78 is 0. The number of carboxylic acids is 1. The van der Waals surface area contributed by atoms with Crippen molar-refractivity contribution in [2.75, 3.05) is 11.9 Å². The normalized spacial score (nSPS) is 12.7. The molecule has 0 spiro atoms. The largest absolute Gasteiger partial charge is 0.478 e. The smallest absolute Gasteiger partial charge is 0.328 e. The van der Waals surface area contributed by atoms with Gasteiger partial charge in [0.05, 0.1) is 0 Å². The van der Waals surface area contributed by atoms with Crippen LogP contribution in [-0.4, -0.2) is 24.2 Å². The molecule has 0 saturated carbocycles. The molecule has 1 unspecified atom stereocenters. The first-order chi connectivity index (χ1) is 8.45. The van der Waals surface area contributed by atoms with Gasteiger partial charge in [-0.25, -0.2) is 4.79 Å². The van der Waals surface area contributed by atoms with Crippen molar-refractivity contribution < 1.29 is 9.90 Å². The number of carboxylic acid groups (broad SMARTS) is 1. The summed E-state index contributed by atoms with van der Waals surface area (Å²) in [7, 11) is 2.04. The fourth-order valence-electron chi connectivity index (χ4n) is 1.80. The minimum Gasteiger partial charge on any atom is -0.478 e. The van der Waals surface area contributed by atoms with E-state index in [1.165, 1.54) is 6.08 Å². The highest BCUT2D eigenvalue weighted by Gasteiger charge is 2.11. The van der Waals surface area contributed by atoms with Gasteiger partial charge in [0, 0.05) is 24.9 Å². The molecule has 18 heavy (non-hydrogen) atoms. The van der Waals surface area contributed by atoms with Crippen molar-refractivity contribution in [2.24, 2.45) is 0 Å². The Kier molecular flexibility index (Phi) is 4.95. The highest BCUT2D eigenvalue weighted by molar-refractivity contribution is 5.87. The Labute approximate surface area is 109 Å². The summed E-state index contributed by atoms with van der Waals surface area (Å²) in [4.78, 5) is 12.8. The van der Waals surface area contributed by atoms with Crippen molar-refractivity contribution in [3.63, 3.8) is 0 Å². The molecule has 1 atom stereocenters. The third-order valence-corrected chi connectivity index (χ3v) is 3.22. The van der Waals surface area contributed by atoms with Crippen LogP contribution in [0.2, 0.25) is 0 Å². The molecule has 0 heterocycles. The molecule has 0 amide bonds. The summed E-state index contributed by atoms with van der Waals surface area (Å²) in [5.41, 5.74) is 3.13. The average Bonchev–Trinajstić information content (AvgIpc) is 2.34. The molecule has 0 aromatic heterocycles. The predicted octanol–water partition coefficient (Wildman–Crippen LogP) is 3.33. The van der Waals surface area contributed by atoms with E-state index in [-0.39, 0.29) is 0 Å². The van der Waals surface area contributed by atoms with Crippen LogP contribution in [0.25, 0.3) is 6.08 Å². The second kappa shape index (κ2) is 6.24. The van der Waals surface area contributed by atoms with E-state index >= 15 is 0 Å². The maximum atomic E-state index is 10.6. The highest BCUT2D eigenvalue weighted by Crippen LogP contribution is 2.24. The number of anilines is 1. The molecule has 0 saturated heterocycles. The van der Waals surface area contributed by atoms with E-state index in [0.717, 1.165) is 23.2 Å². The van der Waals surface area contributed by atoms with Crippen molar-refractivity contribution in [3.05, 3.63) is 35.4 Å². The highest BCUT2D eigenvalue weighted by atomic mass is 16.4. The van der Waals surface area contributed by atoms with Gasteiger partial charge in [0.15, 0.2) is 0 Å². The second-order valence-electron chi connectivity index (χ2n) is 4.60. The molecule has 0 bridgehead atoms. The zero-order valence-electron chi connectivity index (χ0n) is 11.5. The SMILES string of the molecule is CCC(C)N(C)c1ccc(C)cc1/C=C/C(=O)O. The molecule has 1 aromatic rings. The molecule has 0 aliphatic heterocycles. The second-order valence-corrected chi connectivity index (χ2v) is 4.60. The van der Waals surface area contributed by atoms with Gasteiger partial charge < -0.3 is 10.0 Å². The average molecular weight is 247 g/mol. The summed E-state index contributed by atoms with van der Waals surface area (Å²) in [5, 5.41) is 8.73. The third-order valence-electron chi connectivity index (χ3n) is 3.22. The molecule has 0 radical (unpaired) electrons. The number of rotatable bonds is 5. The number of carbonyl (C=O) groups is 1. The van der Waals surface area contributed by atoms with Crippen molar-refractivity contribution in [1.29, 1.82) is 0 Å². The van der Waals surface area contributed by atoms with E-state index in [9.17, 15) is 4.79 Å². The van der Waals surface area contributed by atoms with Gasteiger partial charge in [0.1, 0.15) is 0 Å². The predicted molar refractivity (Wildman–Crippen MR) is 76.0 cm³/mol. The summed E-state index contributed by atoms with van der Waals surface area (Å²) in [6.07, 6.45) is 3.89. The first kappa shape index (κ1) is 14.3. The third kappa shape index (κ3) is 3.62. The van der Waals surface area contributed by atoms with Gasteiger partial charge in [-0.15, -0.1) is 0 Å². The topological polar surface area (TPSA) is 40.5 Å². The lowest BCUT2D eigenvalue weighted by Gasteiger charge is -2.28. The fourth-order valence-corrected chi connectivity index (χ4v) is 1.80. The number of hydrogen-bond donors (Lipinski definition) is 1. The first-order valence-corrected chi connectivity index (χ1v) is 6.20. The van der Waals surface area contributed by atoms with Gasteiger partial charge >= 0.3 is 5.97 Å². The zero-order chi connectivity index (χ0) is 13.7. The molecule has 1 N–H and O–H groups in total. The molecule has 3 nitrogen and oxygen atoms in total. The van der Waals surface area contributed by atoms with Crippen LogP contribution in [0.4, 0.5) is 5.69 Å². The van der Waals surface area contributed by atoms with Gasteiger partial charge in [0.2, 0.25) is 0 Å². The van der Waals surface area contributed by atoms with E-state index in [2.05, 4.69) is 18.7 Å². The van der Waals surface area contributed by atoms with Gasteiger partial charge in [-0.05, 0) is 44.0 Å². The quantitative estimate of drug-likeness (QED) is 0.811. The van der Waals surface area contributed by atoms with E-state index in [1.54, 1.807) is 6.08 Å².